The van der Waals surface area contributed by atoms with Crippen molar-refractivity contribution in [3.05, 3.63) is 28.7 Å². The van der Waals surface area contributed by atoms with E-state index in [0.717, 1.165) is 4.47 Å². The topological polar surface area (TPSA) is 78.4 Å². The molecule has 3 N–H and O–H groups in total. The number of carboxylic acids is 1. The molecule has 0 fully saturated rings. The van der Waals surface area contributed by atoms with Crippen LogP contribution in [0.3, 0.4) is 0 Å². The third kappa shape index (κ3) is 5.98. The molecule has 0 saturated heterocycles. The number of thioether (sulfide) groups is 1. The summed E-state index contributed by atoms with van der Waals surface area (Å²) in [6.45, 7) is 0. The number of halogens is 1. The van der Waals surface area contributed by atoms with Crippen LogP contribution in [0.2, 0.25) is 0 Å². The van der Waals surface area contributed by atoms with E-state index in [9.17, 15) is 9.59 Å². The third-order valence-electron chi connectivity index (χ3n) is 2.32. The minimum atomic E-state index is -1.03. The van der Waals surface area contributed by atoms with Gasteiger partial charge in [-0.2, -0.15) is 11.8 Å². The molecule has 0 saturated carbocycles. The first-order valence-corrected chi connectivity index (χ1v) is 7.76. The lowest BCUT2D eigenvalue weighted by molar-refractivity contribution is -0.139. The van der Waals surface area contributed by atoms with Gasteiger partial charge in [0.25, 0.3) is 0 Å². The molecule has 0 spiro atoms. The molecule has 7 heteroatoms. The van der Waals surface area contributed by atoms with Gasteiger partial charge in [0.05, 0.1) is 0 Å². The van der Waals surface area contributed by atoms with Gasteiger partial charge in [0.15, 0.2) is 0 Å². The standard InChI is InChI=1S/C12H15BrN2O3S/c1-19-7-6-10(11(16)17)15-12(18)14-9-4-2-8(13)3-5-9/h2-5,10H,6-7H2,1H3,(H,16,17)(H2,14,15,18)/t10-/m0/s1. The van der Waals surface area contributed by atoms with Gasteiger partial charge in [0.2, 0.25) is 0 Å². The van der Waals surface area contributed by atoms with Gasteiger partial charge in [0.1, 0.15) is 6.04 Å². The molecule has 0 aromatic heterocycles. The van der Waals surface area contributed by atoms with E-state index in [1.165, 1.54) is 11.8 Å². The quantitative estimate of drug-likeness (QED) is 0.739. The number of nitrogens with one attached hydrogen (secondary N) is 2. The molecule has 5 nitrogen and oxygen atoms in total. The summed E-state index contributed by atoms with van der Waals surface area (Å²) >= 11 is 4.83. The Hall–Kier alpha value is -1.21. The Morgan fingerprint density at radius 3 is 2.53 bits per heavy atom. The lowest BCUT2D eigenvalue weighted by Gasteiger charge is -2.14. The zero-order chi connectivity index (χ0) is 14.3. The van der Waals surface area contributed by atoms with Crippen LogP contribution < -0.4 is 10.6 Å². The highest BCUT2D eigenvalue weighted by atomic mass is 79.9. The van der Waals surface area contributed by atoms with Crippen LogP contribution in [0.15, 0.2) is 28.7 Å². The average Bonchev–Trinajstić information content (AvgIpc) is 2.37. The van der Waals surface area contributed by atoms with Gasteiger partial charge in [-0.25, -0.2) is 9.59 Å². The van der Waals surface area contributed by atoms with E-state index in [4.69, 9.17) is 5.11 Å². The number of amides is 2. The first-order valence-electron chi connectivity index (χ1n) is 5.57. The summed E-state index contributed by atoms with van der Waals surface area (Å²) in [6, 6.07) is 5.64. The Kier molecular flexibility index (Phi) is 6.72. The maximum Gasteiger partial charge on any atom is 0.326 e. The molecule has 1 rings (SSSR count). The zero-order valence-electron chi connectivity index (χ0n) is 10.4. The Morgan fingerprint density at radius 2 is 2.00 bits per heavy atom. The highest BCUT2D eigenvalue weighted by Gasteiger charge is 2.19. The second-order valence-electron chi connectivity index (χ2n) is 3.78. The molecule has 19 heavy (non-hydrogen) atoms. The largest absolute Gasteiger partial charge is 0.480 e. The molecule has 2 amide bonds. The number of hydrogen-bond donors (Lipinski definition) is 3. The van der Waals surface area contributed by atoms with Crippen LogP contribution in [0.4, 0.5) is 10.5 Å². The van der Waals surface area contributed by atoms with Crippen molar-refractivity contribution in [1.29, 1.82) is 0 Å². The molecule has 0 aliphatic heterocycles. The molecule has 0 aliphatic rings. The molecule has 0 unspecified atom stereocenters. The Labute approximate surface area is 124 Å². The second-order valence-corrected chi connectivity index (χ2v) is 5.68. The summed E-state index contributed by atoms with van der Waals surface area (Å²) in [5.74, 6) is -0.352. The molecule has 0 aliphatic carbocycles. The summed E-state index contributed by atoms with van der Waals surface area (Å²) in [4.78, 5) is 22.7. The highest BCUT2D eigenvalue weighted by Crippen LogP contribution is 2.14. The highest BCUT2D eigenvalue weighted by molar-refractivity contribution is 9.10. The van der Waals surface area contributed by atoms with Gasteiger partial charge >= 0.3 is 12.0 Å². The summed E-state index contributed by atoms with van der Waals surface area (Å²) in [5.41, 5.74) is 0.606. The minimum absolute atomic E-state index is 0.393. The molecule has 0 radical (unpaired) electrons. The van der Waals surface area contributed by atoms with Gasteiger partial charge in [-0.3, -0.25) is 0 Å². The molecular formula is C12H15BrN2O3S. The lowest BCUT2D eigenvalue weighted by Crippen LogP contribution is -2.43. The lowest BCUT2D eigenvalue weighted by atomic mass is 10.2. The first kappa shape index (κ1) is 15.8. The van der Waals surface area contributed by atoms with E-state index in [-0.39, 0.29) is 0 Å². The number of anilines is 1. The van der Waals surface area contributed by atoms with Crippen LogP contribution in [0.5, 0.6) is 0 Å². The number of hydrogen-bond acceptors (Lipinski definition) is 3. The number of carbonyl (C=O) groups excluding carboxylic acids is 1. The van der Waals surface area contributed by atoms with Crippen molar-refractivity contribution < 1.29 is 14.7 Å². The fourth-order valence-corrected chi connectivity index (χ4v) is 2.09. The molecular weight excluding hydrogens is 332 g/mol. The van der Waals surface area contributed by atoms with Crippen molar-refractivity contribution in [2.75, 3.05) is 17.3 Å². The number of benzene rings is 1. The second kappa shape index (κ2) is 8.06. The smallest absolute Gasteiger partial charge is 0.326 e. The van der Waals surface area contributed by atoms with Gasteiger partial charge in [-0.05, 0) is 42.7 Å². The Balaban J connectivity index is 2.52. The normalized spacial score (nSPS) is 11.7. The van der Waals surface area contributed by atoms with Crippen molar-refractivity contribution in [3.63, 3.8) is 0 Å². The molecule has 1 aromatic rings. The number of urea groups is 1. The fourth-order valence-electron chi connectivity index (χ4n) is 1.35. The maximum atomic E-state index is 11.7. The van der Waals surface area contributed by atoms with Crippen molar-refractivity contribution in [1.82, 2.24) is 5.32 Å². The summed E-state index contributed by atoms with van der Waals surface area (Å²) < 4.78 is 0.904. The van der Waals surface area contributed by atoms with Gasteiger partial charge in [-0.1, -0.05) is 15.9 Å². The maximum absolute atomic E-state index is 11.7. The van der Waals surface area contributed by atoms with E-state index in [1.807, 2.05) is 6.26 Å². The van der Waals surface area contributed by atoms with Crippen molar-refractivity contribution >= 4 is 45.4 Å². The Bertz CT molecular complexity index is 439. The molecule has 1 aromatic carbocycles. The number of aliphatic carboxylic acids is 1. The van der Waals surface area contributed by atoms with Crippen LogP contribution in [-0.4, -0.2) is 35.2 Å². The number of rotatable bonds is 6. The van der Waals surface area contributed by atoms with E-state index < -0.39 is 18.0 Å². The minimum Gasteiger partial charge on any atom is -0.480 e. The predicted molar refractivity (Wildman–Crippen MR) is 80.7 cm³/mol. The first-order chi connectivity index (χ1) is 9.02. The van der Waals surface area contributed by atoms with Gasteiger partial charge in [-0.15, -0.1) is 0 Å². The number of carbonyl (C=O) groups is 2. The Morgan fingerprint density at radius 1 is 1.37 bits per heavy atom. The van der Waals surface area contributed by atoms with E-state index >= 15 is 0 Å². The monoisotopic (exact) mass is 346 g/mol. The molecule has 0 heterocycles. The van der Waals surface area contributed by atoms with E-state index in [2.05, 4.69) is 26.6 Å². The zero-order valence-corrected chi connectivity index (χ0v) is 12.8. The van der Waals surface area contributed by atoms with Crippen molar-refractivity contribution in [2.45, 2.75) is 12.5 Å². The summed E-state index contributed by atoms with van der Waals surface area (Å²) in [7, 11) is 0. The SMILES string of the molecule is CSCC[C@H](NC(=O)Nc1ccc(Br)cc1)C(=O)O. The van der Waals surface area contributed by atoms with E-state index in [1.54, 1.807) is 24.3 Å². The number of carboxylic acid groups (broad SMARTS) is 1. The van der Waals surface area contributed by atoms with Gasteiger partial charge in [0, 0.05) is 10.2 Å². The molecule has 0 bridgehead atoms. The van der Waals surface area contributed by atoms with Crippen molar-refractivity contribution in [3.8, 4) is 0 Å². The van der Waals surface area contributed by atoms with Crippen LogP contribution in [0.25, 0.3) is 0 Å². The average molecular weight is 347 g/mol. The molecule has 104 valence electrons. The van der Waals surface area contributed by atoms with Crippen LogP contribution in [-0.2, 0) is 4.79 Å². The summed E-state index contributed by atoms with van der Waals surface area (Å²) in [6.07, 6.45) is 2.28. The van der Waals surface area contributed by atoms with Crippen LogP contribution in [0, 0.1) is 0 Å². The van der Waals surface area contributed by atoms with Gasteiger partial charge < -0.3 is 15.7 Å². The van der Waals surface area contributed by atoms with E-state index in [0.29, 0.717) is 17.9 Å². The fraction of sp³-hybridized carbons (Fsp3) is 0.333. The van der Waals surface area contributed by atoms with Crippen LogP contribution in [0.1, 0.15) is 6.42 Å². The molecule has 1 atom stereocenters. The van der Waals surface area contributed by atoms with Crippen LogP contribution >= 0.6 is 27.7 Å². The predicted octanol–water partition coefficient (Wildman–Crippen LogP) is 2.78. The third-order valence-corrected chi connectivity index (χ3v) is 3.49. The summed E-state index contributed by atoms with van der Waals surface area (Å²) in [5, 5.41) is 14.0. The van der Waals surface area contributed by atoms with Crippen molar-refractivity contribution in [2.24, 2.45) is 0 Å².